The highest BCUT2D eigenvalue weighted by atomic mass is 35.5. The van der Waals surface area contributed by atoms with Gasteiger partial charge in [0, 0.05) is 11.5 Å². The Kier molecular flexibility index (Phi) is 3.08. The van der Waals surface area contributed by atoms with E-state index in [2.05, 4.69) is 5.32 Å². The van der Waals surface area contributed by atoms with Gasteiger partial charge in [0.25, 0.3) is 5.91 Å². The van der Waals surface area contributed by atoms with Gasteiger partial charge in [-0.15, -0.1) is 0 Å². The number of nitrogens with one attached hydrogen (secondary N) is 1. The minimum atomic E-state index is -0.317. The molecule has 100 valence electrons. The van der Waals surface area contributed by atoms with Gasteiger partial charge >= 0.3 is 0 Å². The molecule has 0 bridgehead atoms. The van der Waals surface area contributed by atoms with Crippen molar-refractivity contribution in [1.29, 1.82) is 0 Å². The van der Waals surface area contributed by atoms with Crippen LogP contribution in [-0.2, 0) is 0 Å². The molecule has 3 rings (SSSR count). The first-order chi connectivity index (χ1) is 9.65. The van der Waals surface area contributed by atoms with Gasteiger partial charge in [0.05, 0.1) is 16.3 Å². The van der Waals surface area contributed by atoms with E-state index < -0.39 is 0 Å². The largest absolute Gasteiger partial charge is 0.508 e. The molecule has 0 fully saturated rings. The summed E-state index contributed by atoms with van der Waals surface area (Å²) in [6.07, 6.45) is 1.41. The van der Waals surface area contributed by atoms with E-state index in [1.54, 1.807) is 6.07 Å². The summed E-state index contributed by atoms with van der Waals surface area (Å²) in [5, 5.41) is 13.0. The predicted molar refractivity (Wildman–Crippen MR) is 77.3 cm³/mol. The monoisotopic (exact) mass is 287 g/mol. The SMILES string of the molecule is O=C(Nc1ccc(O)cc1Cl)c1coc2ccccc12. The molecule has 0 spiro atoms. The molecule has 0 radical (unpaired) electrons. The topological polar surface area (TPSA) is 62.5 Å². The zero-order chi connectivity index (χ0) is 14.1. The fraction of sp³-hybridized carbons (Fsp3) is 0. The summed E-state index contributed by atoms with van der Waals surface area (Å²) in [5.74, 6) is -0.274. The number of aromatic hydroxyl groups is 1. The minimum Gasteiger partial charge on any atom is -0.508 e. The van der Waals surface area contributed by atoms with Gasteiger partial charge in [-0.1, -0.05) is 29.8 Å². The molecule has 0 saturated heterocycles. The molecule has 1 heterocycles. The van der Waals surface area contributed by atoms with E-state index in [9.17, 15) is 9.90 Å². The lowest BCUT2D eigenvalue weighted by Crippen LogP contribution is -2.11. The molecule has 1 aromatic heterocycles. The number of hydrogen-bond donors (Lipinski definition) is 2. The molecule has 5 heteroatoms. The molecule has 1 amide bonds. The van der Waals surface area contributed by atoms with Crippen LogP contribution in [0.5, 0.6) is 5.75 Å². The number of furan rings is 1. The number of carbonyl (C=O) groups is 1. The molecule has 0 unspecified atom stereocenters. The molecular formula is C15H10ClNO3. The van der Waals surface area contributed by atoms with Crippen LogP contribution in [0.15, 0.2) is 53.1 Å². The van der Waals surface area contributed by atoms with Crippen molar-refractivity contribution in [2.24, 2.45) is 0 Å². The second-order valence-corrected chi connectivity index (χ2v) is 4.67. The van der Waals surface area contributed by atoms with Crippen molar-refractivity contribution in [3.8, 4) is 5.75 Å². The number of phenols is 1. The molecule has 0 aliphatic carbocycles. The maximum Gasteiger partial charge on any atom is 0.259 e. The Labute approximate surface area is 119 Å². The smallest absolute Gasteiger partial charge is 0.259 e. The van der Waals surface area contributed by atoms with E-state index in [1.165, 1.54) is 24.5 Å². The van der Waals surface area contributed by atoms with E-state index in [0.717, 1.165) is 5.39 Å². The number of benzene rings is 2. The average Bonchev–Trinajstić information content (AvgIpc) is 2.86. The van der Waals surface area contributed by atoms with Gasteiger partial charge in [-0.2, -0.15) is 0 Å². The van der Waals surface area contributed by atoms with Crippen LogP contribution in [0, 0.1) is 0 Å². The fourth-order valence-corrected chi connectivity index (χ4v) is 2.17. The number of para-hydroxylation sites is 1. The van der Waals surface area contributed by atoms with Gasteiger partial charge in [-0.05, 0) is 18.2 Å². The van der Waals surface area contributed by atoms with Gasteiger partial charge in [-0.3, -0.25) is 4.79 Å². The normalized spacial score (nSPS) is 10.7. The third-order valence-corrected chi connectivity index (χ3v) is 3.24. The van der Waals surface area contributed by atoms with Crippen molar-refractivity contribution in [2.45, 2.75) is 0 Å². The first-order valence-corrected chi connectivity index (χ1v) is 6.29. The van der Waals surface area contributed by atoms with E-state index in [1.807, 2.05) is 18.2 Å². The second-order valence-electron chi connectivity index (χ2n) is 4.26. The predicted octanol–water partition coefficient (Wildman–Crippen LogP) is 4.04. The molecule has 4 nitrogen and oxygen atoms in total. The van der Waals surface area contributed by atoms with Gasteiger partial charge in [0.1, 0.15) is 17.6 Å². The van der Waals surface area contributed by atoms with E-state index in [0.29, 0.717) is 16.8 Å². The van der Waals surface area contributed by atoms with Gasteiger partial charge < -0.3 is 14.8 Å². The van der Waals surface area contributed by atoms with Crippen LogP contribution in [0.25, 0.3) is 11.0 Å². The number of carbonyl (C=O) groups excluding carboxylic acids is 1. The quantitative estimate of drug-likeness (QED) is 0.699. The summed E-state index contributed by atoms with van der Waals surface area (Å²) >= 11 is 5.96. The van der Waals surface area contributed by atoms with Gasteiger partial charge in [0.15, 0.2) is 0 Å². The van der Waals surface area contributed by atoms with Crippen LogP contribution in [0.4, 0.5) is 5.69 Å². The van der Waals surface area contributed by atoms with Crippen LogP contribution < -0.4 is 5.32 Å². The number of phenolic OH excluding ortho intramolecular Hbond substituents is 1. The maximum atomic E-state index is 12.2. The van der Waals surface area contributed by atoms with Crippen LogP contribution in [0.1, 0.15) is 10.4 Å². The standard InChI is InChI=1S/C15H10ClNO3/c16-12-7-9(18)5-6-13(12)17-15(19)11-8-20-14-4-2-1-3-10(11)14/h1-8,18H,(H,17,19). The average molecular weight is 288 g/mol. The first-order valence-electron chi connectivity index (χ1n) is 5.91. The van der Waals surface area contributed by atoms with Crippen molar-refractivity contribution in [1.82, 2.24) is 0 Å². The Bertz CT molecular complexity index is 795. The second kappa shape index (κ2) is 4.90. The summed E-state index contributed by atoms with van der Waals surface area (Å²) in [5.41, 5.74) is 1.51. The Morgan fingerprint density at radius 3 is 2.80 bits per heavy atom. The summed E-state index contributed by atoms with van der Waals surface area (Å²) < 4.78 is 5.32. The third-order valence-electron chi connectivity index (χ3n) is 2.93. The first kappa shape index (κ1) is 12.6. The highest BCUT2D eigenvalue weighted by Crippen LogP contribution is 2.27. The molecule has 2 aromatic carbocycles. The fourth-order valence-electron chi connectivity index (χ4n) is 1.95. The minimum absolute atomic E-state index is 0.0433. The molecule has 0 aliphatic rings. The third kappa shape index (κ3) is 2.21. The van der Waals surface area contributed by atoms with Crippen LogP contribution in [0.3, 0.4) is 0 Å². The molecule has 20 heavy (non-hydrogen) atoms. The van der Waals surface area contributed by atoms with Crippen LogP contribution >= 0.6 is 11.6 Å². The number of halogens is 1. The maximum absolute atomic E-state index is 12.2. The van der Waals surface area contributed by atoms with Crippen molar-refractivity contribution in [3.05, 3.63) is 59.3 Å². The molecule has 2 N–H and O–H groups in total. The number of fused-ring (bicyclic) bond motifs is 1. The van der Waals surface area contributed by atoms with Crippen LogP contribution in [0.2, 0.25) is 5.02 Å². The van der Waals surface area contributed by atoms with Crippen LogP contribution in [-0.4, -0.2) is 11.0 Å². The number of hydrogen-bond acceptors (Lipinski definition) is 3. The van der Waals surface area contributed by atoms with Gasteiger partial charge in [-0.25, -0.2) is 0 Å². The zero-order valence-electron chi connectivity index (χ0n) is 10.3. The van der Waals surface area contributed by atoms with Crippen molar-refractivity contribution in [2.75, 3.05) is 5.32 Å². The highest BCUT2D eigenvalue weighted by Gasteiger charge is 2.14. The lowest BCUT2D eigenvalue weighted by molar-refractivity contribution is 0.102. The lowest BCUT2D eigenvalue weighted by atomic mass is 10.1. The Balaban J connectivity index is 1.93. The molecule has 0 atom stereocenters. The number of anilines is 1. The summed E-state index contributed by atoms with van der Waals surface area (Å²) in [4.78, 5) is 12.2. The van der Waals surface area contributed by atoms with E-state index >= 15 is 0 Å². The Morgan fingerprint density at radius 2 is 2.00 bits per heavy atom. The molecule has 3 aromatic rings. The summed E-state index contributed by atoms with van der Waals surface area (Å²) in [6, 6.07) is 11.6. The van der Waals surface area contributed by atoms with Crippen molar-refractivity contribution in [3.63, 3.8) is 0 Å². The summed E-state index contributed by atoms with van der Waals surface area (Å²) in [6.45, 7) is 0. The highest BCUT2D eigenvalue weighted by molar-refractivity contribution is 6.34. The molecular weight excluding hydrogens is 278 g/mol. The molecule has 0 aliphatic heterocycles. The lowest BCUT2D eigenvalue weighted by Gasteiger charge is -2.06. The Hall–Kier alpha value is -2.46. The van der Waals surface area contributed by atoms with Crippen molar-refractivity contribution < 1.29 is 14.3 Å². The summed E-state index contributed by atoms with van der Waals surface area (Å²) in [7, 11) is 0. The number of rotatable bonds is 2. The van der Waals surface area contributed by atoms with Crippen molar-refractivity contribution >= 4 is 34.2 Å². The van der Waals surface area contributed by atoms with E-state index in [4.69, 9.17) is 16.0 Å². The number of amides is 1. The van der Waals surface area contributed by atoms with E-state index in [-0.39, 0.29) is 16.7 Å². The van der Waals surface area contributed by atoms with Gasteiger partial charge in [0.2, 0.25) is 0 Å². The Morgan fingerprint density at radius 1 is 1.20 bits per heavy atom. The molecule has 0 saturated carbocycles. The zero-order valence-corrected chi connectivity index (χ0v) is 11.0.